The topological polar surface area (TPSA) is 79.7 Å². The molecule has 1 N–H and O–H groups in total. The van der Waals surface area contributed by atoms with Crippen LogP contribution in [0, 0.1) is 0 Å². The number of hydrogen-bond acceptors (Lipinski definition) is 6. The standard InChI is InChI=1S/C19H23N5O3/c1-4-5-10-22-17(26)15-16(21(3)19(22)27)20-18-23(15)11-12(2)24(18)13-8-6-7-9-14(13)25/h6-9,11,15-16,25H,4-5,10H2,1-3H3. The van der Waals surface area contributed by atoms with Crippen molar-refractivity contribution in [2.45, 2.75) is 38.9 Å². The number of phenols is 1. The van der Waals surface area contributed by atoms with E-state index in [1.807, 2.05) is 35.9 Å². The molecule has 8 nitrogen and oxygen atoms in total. The van der Waals surface area contributed by atoms with E-state index in [9.17, 15) is 14.7 Å². The van der Waals surface area contributed by atoms with Gasteiger partial charge in [0.2, 0.25) is 5.96 Å². The van der Waals surface area contributed by atoms with E-state index in [2.05, 4.69) is 4.99 Å². The molecule has 2 unspecified atom stereocenters. The van der Waals surface area contributed by atoms with Crippen LogP contribution >= 0.6 is 0 Å². The van der Waals surface area contributed by atoms with Gasteiger partial charge in [-0.1, -0.05) is 25.5 Å². The molecule has 1 fully saturated rings. The fourth-order valence-electron chi connectivity index (χ4n) is 3.83. The zero-order valence-electron chi connectivity index (χ0n) is 15.7. The number of aromatic hydroxyl groups is 1. The minimum atomic E-state index is -0.578. The first-order valence-corrected chi connectivity index (χ1v) is 9.16. The van der Waals surface area contributed by atoms with Gasteiger partial charge < -0.3 is 14.9 Å². The third-order valence-electron chi connectivity index (χ3n) is 5.25. The highest BCUT2D eigenvalue weighted by molar-refractivity contribution is 6.10. The number of likely N-dealkylation sites (N-methyl/N-ethyl adjacent to an activating group) is 1. The Morgan fingerprint density at radius 3 is 2.67 bits per heavy atom. The summed E-state index contributed by atoms with van der Waals surface area (Å²) in [7, 11) is 1.68. The van der Waals surface area contributed by atoms with Crippen molar-refractivity contribution in [2.75, 3.05) is 18.5 Å². The van der Waals surface area contributed by atoms with E-state index in [-0.39, 0.29) is 17.7 Å². The summed E-state index contributed by atoms with van der Waals surface area (Å²) in [6, 6.07) is 6.11. The van der Waals surface area contributed by atoms with Crippen LogP contribution in [0.15, 0.2) is 41.2 Å². The van der Waals surface area contributed by atoms with Crippen LogP contribution in [0.1, 0.15) is 26.7 Å². The second-order valence-electron chi connectivity index (χ2n) is 7.03. The first-order chi connectivity index (χ1) is 13.0. The molecule has 1 aromatic carbocycles. The molecule has 0 aliphatic carbocycles. The van der Waals surface area contributed by atoms with Gasteiger partial charge in [-0.05, 0) is 25.5 Å². The number of unbranched alkanes of at least 4 members (excludes halogenated alkanes) is 1. The molecule has 0 bridgehead atoms. The Morgan fingerprint density at radius 2 is 1.96 bits per heavy atom. The largest absolute Gasteiger partial charge is 0.506 e. The number of allylic oxidation sites excluding steroid dienone is 1. The molecule has 142 valence electrons. The minimum Gasteiger partial charge on any atom is -0.506 e. The monoisotopic (exact) mass is 369 g/mol. The summed E-state index contributed by atoms with van der Waals surface area (Å²) in [5.74, 6) is 0.456. The molecule has 27 heavy (non-hydrogen) atoms. The average Bonchev–Trinajstić information content (AvgIpc) is 3.15. The van der Waals surface area contributed by atoms with Crippen LogP contribution < -0.4 is 4.90 Å². The summed E-state index contributed by atoms with van der Waals surface area (Å²) < 4.78 is 0. The van der Waals surface area contributed by atoms with Gasteiger partial charge in [-0.3, -0.25) is 14.6 Å². The van der Waals surface area contributed by atoms with Crippen molar-refractivity contribution in [1.29, 1.82) is 0 Å². The van der Waals surface area contributed by atoms with Gasteiger partial charge in [0.1, 0.15) is 5.75 Å². The van der Waals surface area contributed by atoms with Crippen LogP contribution in [0.3, 0.4) is 0 Å². The number of nitrogens with zero attached hydrogens (tertiary/aromatic N) is 5. The lowest BCUT2D eigenvalue weighted by molar-refractivity contribution is -0.136. The van der Waals surface area contributed by atoms with Crippen LogP contribution in [0.4, 0.5) is 10.5 Å². The van der Waals surface area contributed by atoms with Crippen molar-refractivity contribution in [1.82, 2.24) is 14.7 Å². The van der Waals surface area contributed by atoms with Gasteiger partial charge in [0.15, 0.2) is 12.2 Å². The Hall–Kier alpha value is -3.03. The number of carbonyl (C=O) groups excluding carboxylic acids is 2. The molecule has 3 amide bonds. The quantitative estimate of drug-likeness (QED) is 0.880. The third-order valence-corrected chi connectivity index (χ3v) is 5.25. The Morgan fingerprint density at radius 1 is 1.22 bits per heavy atom. The first-order valence-electron chi connectivity index (χ1n) is 9.16. The van der Waals surface area contributed by atoms with Crippen molar-refractivity contribution in [3.05, 3.63) is 36.2 Å². The SMILES string of the molecule is CCCCN1C(=O)C2C(N=C3N(c4ccccc4O)C(C)=CN32)N(C)C1=O. The van der Waals surface area contributed by atoms with Crippen molar-refractivity contribution in [3.63, 3.8) is 0 Å². The average molecular weight is 369 g/mol. The molecule has 4 rings (SSSR count). The zero-order chi connectivity index (χ0) is 19.3. The molecule has 2 atom stereocenters. The normalized spacial score (nSPS) is 24.3. The van der Waals surface area contributed by atoms with Crippen LogP contribution in [0.25, 0.3) is 0 Å². The second kappa shape index (κ2) is 6.29. The summed E-state index contributed by atoms with van der Waals surface area (Å²) in [5.41, 5.74) is 1.44. The number of rotatable bonds is 4. The Kier molecular flexibility index (Phi) is 4.05. The van der Waals surface area contributed by atoms with Gasteiger partial charge in [0, 0.05) is 25.5 Å². The fourth-order valence-corrected chi connectivity index (χ4v) is 3.83. The summed E-state index contributed by atoms with van der Waals surface area (Å²) in [5, 5.41) is 10.3. The minimum absolute atomic E-state index is 0.130. The first kappa shape index (κ1) is 17.4. The van der Waals surface area contributed by atoms with E-state index in [0.717, 1.165) is 18.5 Å². The molecule has 0 saturated carbocycles. The summed E-state index contributed by atoms with van der Waals surface area (Å²) in [4.78, 5) is 36.9. The predicted molar refractivity (Wildman–Crippen MR) is 101 cm³/mol. The Labute approximate surface area is 158 Å². The van der Waals surface area contributed by atoms with Crippen LogP contribution in [0.5, 0.6) is 5.75 Å². The van der Waals surface area contributed by atoms with E-state index >= 15 is 0 Å². The molecule has 3 heterocycles. The number of imide groups is 1. The molecular formula is C19H23N5O3. The third kappa shape index (κ3) is 2.47. The maximum absolute atomic E-state index is 13.1. The number of hydrogen-bond donors (Lipinski definition) is 1. The van der Waals surface area contributed by atoms with Gasteiger partial charge in [-0.15, -0.1) is 0 Å². The zero-order valence-corrected chi connectivity index (χ0v) is 15.7. The molecule has 0 spiro atoms. The van der Waals surface area contributed by atoms with Crippen LogP contribution in [-0.4, -0.2) is 63.5 Å². The number of anilines is 1. The second-order valence-corrected chi connectivity index (χ2v) is 7.03. The number of carbonyl (C=O) groups is 2. The number of fused-ring (bicyclic) bond motifs is 3. The number of aliphatic imine (C=N–C) groups is 1. The molecule has 1 aromatic rings. The van der Waals surface area contributed by atoms with E-state index in [4.69, 9.17) is 0 Å². The fraction of sp³-hybridized carbons (Fsp3) is 0.421. The highest BCUT2D eigenvalue weighted by Gasteiger charge is 2.54. The number of guanidine groups is 1. The van der Waals surface area contributed by atoms with Crippen molar-refractivity contribution >= 4 is 23.6 Å². The number of phenolic OH excluding ortho intramolecular Hbond substituents is 1. The van der Waals surface area contributed by atoms with E-state index in [0.29, 0.717) is 18.2 Å². The van der Waals surface area contributed by atoms with Gasteiger partial charge in [-0.2, -0.15) is 0 Å². The number of urea groups is 1. The molecule has 8 heteroatoms. The molecule has 0 radical (unpaired) electrons. The highest BCUT2D eigenvalue weighted by Crippen LogP contribution is 2.39. The Bertz CT molecular complexity index is 865. The number of para-hydroxylation sites is 2. The van der Waals surface area contributed by atoms with Gasteiger partial charge >= 0.3 is 6.03 Å². The molecule has 0 aromatic heterocycles. The lowest BCUT2D eigenvalue weighted by atomic mass is 10.1. The highest BCUT2D eigenvalue weighted by atomic mass is 16.3. The van der Waals surface area contributed by atoms with Gasteiger partial charge in [0.05, 0.1) is 5.69 Å². The van der Waals surface area contributed by atoms with Crippen LogP contribution in [-0.2, 0) is 4.79 Å². The summed E-state index contributed by atoms with van der Waals surface area (Å²) in [6.45, 7) is 4.34. The number of benzene rings is 1. The molecule has 1 saturated heterocycles. The summed E-state index contributed by atoms with van der Waals surface area (Å²) >= 11 is 0. The molecule has 3 aliphatic heterocycles. The molecular weight excluding hydrogens is 346 g/mol. The Balaban J connectivity index is 1.71. The van der Waals surface area contributed by atoms with Crippen molar-refractivity contribution in [2.24, 2.45) is 4.99 Å². The van der Waals surface area contributed by atoms with Gasteiger partial charge in [-0.25, -0.2) is 9.79 Å². The van der Waals surface area contributed by atoms with Crippen LogP contribution in [0.2, 0.25) is 0 Å². The maximum atomic E-state index is 13.1. The smallest absolute Gasteiger partial charge is 0.328 e. The number of amides is 3. The predicted octanol–water partition coefficient (Wildman–Crippen LogP) is 2.13. The van der Waals surface area contributed by atoms with Crippen molar-refractivity contribution < 1.29 is 14.7 Å². The maximum Gasteiger partial charge on any atom is 0.328 e. The lowest BCUT2D eigenvalue weighted by Crippen LogP contribution is -2.64. The van der Waals surface area contributed by atoms with Gasteiger partial charge in [0.25, 0.3) is 5.91 Å². The summed E-state index contributed by atoms with van der Waals surface area (Å²) in [6.07, 6.45) is 2.96. The van der Waals surface area contributed by atoms with Crippen molar-refractivity contribution in [3.8, 4) is 5.75 Å². The molecule has 3 aliphatic rings. The van der Waals surface area contributed by atoms with E-state index in [1.165, 1.54) is 9.80 Å². The van der Waals surface area contributed by atoms with E-state index in [1.54, 1.807) is 25.2 Å². The van der Waals surface area contributed by atoms with E-state index < -0.39 is 12.2 Å². The lowest BCUT2D eigenvalue weighted by Gasteiger charge is -2.40.